The predicted octanol–water partition coefficient (Wildman–Crippen LogP) is 4.45. The van der Waals surface area contributed by atoms with Gasteiger partial charge in [0.15, 0.2) is 0 Å². The highest BCUT2D eigenvalue weighted by molar-refractivity contribution is 5.78. The van der Waals surface area contributed by atoms with Crippen LogP contribution in [0.3, 0.4) is 0 Å². The summed E-state index contributed by atoms with van der Waals surface area (Å²) >= 11 is 0. The summed E-state index contributed by atoms with van der Waals surface area (Å²) in [5, 5.41) is 20.7. The van der Waals surface area contributed by atoms with Crippen LogP contribution in [0.1, 0.15) is 37.5 Å². The molecular weight excluding hydrogens is 248 g/mol. The molecule has 0 spiro atoms. The largest absolute Gasteiger partial charge is 0.508 e. The van der Waals surface area contributed by atoms with E-state index in [1.54, 1.807) is 6.07 Å². The van der Waals surface area contributed by atoms with Gasteiger partial charge in [0.1, 0.15) is 11.5 Å². The molecule has 2 aromatic rings. The molecule has 20 heavy (non-hydrogen) atoms. The Bertz CT molecular complexity index is 598. The van der Waals surface area contributed by atoms with Crippen molar-refractivity contribution in [1.82, 2.24) is 0 Å². The van der Waals surface area contributed by atoms with Crippen LogP contribution in [0.4, 0.5) is 0 Å². The zero-order valence-electron chi connectivity index (χ0n) is 12.4. The highest BCUT2D eigenvalue weighted by Crippen LogP contribution is 2.41. The standard InChI is InChI=1S/C18H22O2/c1-4-12-7-9-14(10-8-12)17-15(6-3)16(19)11-13(5-2)18(17)20/h7-11,19-20H,4-6H2,1-3H3. The van der Waals surface area contributed by atoms with Crippen molar-refractivity contribution in [3.63, 3.8) is 0 Å². The maximum atomic E-state index is 10.5. The fraction of sp³-hybridized carbons (Fsp3) is 0.333. The highest BCUT2D eigenvalue weighted by atomic mass is 16.3. The first-order valence-corrected chi connectivity index (χ1v) is 7.28. The molecule has 0 aromatic heterocycles. The third kappa shape index (κ3) is 2.51. The number of aryl methyl sites for hydroxylation is 2. The molecule has 2 aromatic carbocycles. The Kier molecular flexibility index (Phi) is 4.33. The fourth-order valence-corrected chi connectivity index (χ4v) is 2.60. The zero-order valence-corrected chi connectivity index (χ0v) is 12.4. The van der Waals surface area contributed by atoms with Crippen LogP contribution in [0, 0.1) is 0 Å². The van der Waals surface area contributed by atoms with E-state index >= 15 is 0 Å². The number of hydrogen-bond acceptors (Lipinski definition) is 2. The Hall–Kier alpha value is -1.96. The molecule has 0 aliphatic heterocycles. The molecule has 0 atom stereocenters. The van der Waals surface area contributed by atoms with Crippen LogP contribution in [-0.2, 0) is 19.3 Å². The van der Waals surface area contributed by atoms with Crippen LogP contribution in [0.5, 0.6) is 11.5 Å². The molecule has 2 heteroatoms. The minimum absolute atomic E-state index is 0.275. The monoisotopic (exact) mass is 270 g/mol. The summed E-state index contributed by atoms with van der Waals surface area (Å²) in [5.74, 6) is 0.572. The van der Waals surface area contributed by atoms with Gasteiger partial charge in [-0.15, -0.1) is 0 Å². The van der Waals surface area contributed by atoms with Crippen LogP contribution < -0.4 is 0 Å². The first-order chi connectivity index (χ1) is 9.62. The smallest absolute Gasteiger partial charge is 0.127 e. The summed E-state index contributed by atoms with van der Waals surface area (Å²) in [6.45, 7) is 6.08. The molecule has 2 nitrogen and oxygen atoms in total. The van der Waals surface area contributed by atoms with Gasteiger partial charge >= 0.3 is 0 Å². The van der Waals surface area contributed by atoms with E-state index in [9.17, 15) is 10.2 Å². The lowest BCUT2D eigenvalue weighted by Gasteiger charge is -2.16. The molecule has 2 N–H and O–H groups in total. The lowest BCUT2D eigenvalue weighted by molar-refractivity contribution is 0.451. The Morgan fingerprint density at radius 1 is 0.850 bits per heavy atom. The third-order valence-corrected chi connectivity index (χ3v) is 3.85. The van der Waals surface area contributed by atoms with Gasteiger partial charge in [-0.3, -0.25) is 0 Å². The number of aromatic hydroxyl groups is 2. The van der Waals surface area contributed by atoms with E-state index < -0.39 is 0 Å². The highest BCUT2D eigenvalue weighted by Gasteiger charge is 2.17. The number of phenolic OH excluding ortho intramolecular Hbond substituents is 2. The summed E-state index contributed by atoms with van der Waals surface area (Å²) < 4.78 is 0. The molecule has 0 bridgehead atoms. The number of hydrogen-bond donors (Lipinski definition) is 2. The first kappa shape index (κ1) is 14.4. The van der Waals surface area contributed by atoms with Crippen molar-refractivity contribution >= 4 is 0 Å². The second-order valence-electron chi connectivity index (χ2n) is 5.01. The molecule has 0 unspecified atom stereocenters. The van der Waals surface area contributed by atoms with Gasteiger partial charge in [-0.2, -0.15) is 0 Å². The van der Waals surface area contributed by atoms with Crippen LogP contribution in [-0.4, -0.2) is 10.2 Å². The van der Waals surface area contributed by atoms with Crippen molar-refractivity contribution in [2.45, 2.75) is 40.0 Å². The van der Waals surface area contributed by atoms with Gasteiger partial charge in [0.05, 0.1) is 0 Å². The van der Waals surface area contributed by atoms with E-state index in [2.05, 4.69) is 19.1 Å². The van der Waals surface area contributed by atoms with Gasteiger partial charge in [-0.25, -0.2) is 0 Å². The number of phenols is 2. The van der Waals surface area contributed by atoms with E-state index in [1.807, 2.05) is 26.0 Å². The van der Waals surface area contributed by atoms with E-state index in [4.69, 9.17) is 0 Å². The Labute approximate surface area is 120 Å². The van der Waals surface area contributed by atoms with Crippen molar-refractivity contribution in [2.24, 2.45) is 0 Å². The minimum Gasteiger partial charge on any atom is -0.508 e. The van der Waals surface area contributed by atoms with E-state index in [0.29, 0.717) is 18.6 Å². The van der Waals surface area contributed by atoms with Gasteiger partial charge in [-0.1, -0.05) is 45.0 Å². The molecule has 106 valence electrons. The SMILES string of the molecule is CCc1ccc(-c2c(O)c(CC)cc(O)c2CC)cc1. The summed E-state index contributed by atoms with van der Waals surface area (Å²) in [6.07, 6.45) is 2.38. The maximum Gasteiger partial charge on any atom is 0.127 e. The minimum atomic E-state index is 0.275. The van der Waals surface area contributed by atoms with E-state index in [-0.39, 0.29) is 5.75 Å². The van der Waals surface area contributed by atoms with Crippen LogP contribution in [0.25, 0.3) is 11.1 Å². The lowest BCUT2D eigenvalue weighted by atomic mass is 9.92. The van der Waals surface area contributed by atoms with Gasteiger partial charge in [-0.05, 0) is 42.0 Å². The molecule has 0 amide bonds. The lowest BCUT2D eigenvalue weighted by Crippen LogP contribution is -1.94. The molecule has 0 aliphatic rings. The fourth-order valence-electron chi connectivity index (χ4n) is 2.60. The normalized spacial score (nSPS) is 10.8. The van der Waals surface area contributed by atoms with Crippen molar-refractivity contribution < 1.29 is 10.2 Å². The zero-order chi connectivity index (χ0) is 14.7. The number of rotatable bonds is 4. The predicted molar refractivity (Wildman–Crippen MR) is 83.3 cm³/mol. The Morgan fingerprint density at radius 3 is 2.00 bits per heavy atom. The molecule has 0 heterocycles. The molecule has 0 radical (unpaired) electrons. The van der Waals surface area contributed by atoms with Crippen molar-refractivity contribution in [3.05, 3.63) is 47.0 Å². The summed E-state index contributed by atoms with van der Waals surface area (Å²) in [6, 6.07) is 9.86. The average Bonchev–Trinajstić information content (AvgIpc) is 2.48. The van der Waals surface area contributed by atoms with Crippen molar-refractivity contribution in [2.75, 3.05) is 0 Å². The van der Waals surface area contributed by atoms with E-state index in [1.165, 1.54) is 5.56 Å². The third-order valence-electron chi connectivity index (χ3n) is 3.85. The van der Waals surface area contributed by atoms with Gasteiger partial charge in [0.25, 0.3) is 0 Å². The second-order valence-corrected chi connectivity index (χ2v) is 5.01. The van der Waals surface area contributed by atoms with Gasteiger partial charge in [0.2, 0.25) is 0 Å². The van der Waals surface area contributed by atoms with Crippen molar-refractivity contribution in [1.29, 1.82) is 0 Å². The van der Waals surface area contributed by atoms with Gasteiger partial charge in [0, 0.05) is 11.1 Å². The van der Waals surface area contributed by atoms with Crippen LogP contribution in [0.2, 0.25) is 0 Å². The average molecular weight is 270 g/mol. The quantitative estimate of drug-likeness (QED) is 0.806. The molecule has 0 saturated heterocycles. The Morgan fingerprint density at radius 2 is 1.50 bits per heavy atom. The molecule has 0 saturated carbocycles. The van der Waals surface area contributed by atoms with E-state index in [0.717, 1.165) is 28.7 Å². The Balaban J connectivity index is 2.66. The van der Waals surface area contributed by atoms with Gasteiger partial charge < -0.3 is 10.2 Å². The van der Waals surface area contributed by atoms with Crippen LogP contribution in [0.15, 0.2) is 30.3 Å². The summed E-state index contributed by atoms with van der Waals surface area (Å²) in [5.41, 5.74) is 4.59. The first-order valence-electron chi connectivity index (χ1n) is 7.28. The maximum absolute atomic E-state index is 10.5. The second kappa shape index (κ2) is 6.00. The number of benzene rings is 2. The van der Waals surface area contributed by atoms with Crippen molar-refractivity contribution in [3.8, 4) is 22.6 Å². The molecule has 2 rings (SSSR count). The molecule has 0 aliphatic carbocycles. The molecular formula is C18H22O2. The van der Waals surface area contributed by atoms with Crippen LogP contribution >= 0.6 is 0 Å². The summed E-state index contributed by atoms with van der Waals surface area (Å²) in [4.78, 5) is 0. The topological polar surface area (TPSA) is 40.5 Å². The molecule has 0 fully saturated rings. The summed E-state index contributed by atoms with van der Waals surface area (Å²) in [7, 11) is 0.